The van der Waals surface area contributed by atoms with E-state index in [0.29, 0.717) is 48.0 Å². The molecule has 1 aromatic heterocycles. The zero-order chi connectivity index (χ0) is 22.1. The zero-order valence-electron chi connectivity index (χ0n) is 17.5. The van der Waals surface area contributed by atoms with Crippen molar-refractivity contribution in [3.8, 4) is 0 Å². The highest BCUT2D eigenvalue weighted by Crippen LogP contribution is 2.32. The van der Waals surface area contributed by atoms with Gasteiger partial charge < -0.3 is 4.57 Å². The lowest BCUT2D eigenvalue weighted by Gasteiger charge is -2.31. The van der Waals surface area contributed by atoms with Crippen LogP contribution >= 0.6 is 11.6 Å². The quantitative estimate of drug-likeness (QED) is 0.616. The first-order chi connectivity index (χ1) is 14.0. The number of halogens is 1. The first kappa shape index (κ1) is 23.2. The second-order valence-corrected chi connectivity index (χ2v) is 12.5. The van der Waals surface area contributed by atoms with Crippen molar-refractivity contribution in [2.75, 3.05) is 24.6 Å². The van der Waals surface area contributed by atoms with Crippen molar-refractivity contribution in [3.63, 3.8) is 0 Å². The Balaban J connectivity index is 1.71. The van der Waals surface area contributed by atoms with Crippen LogP contribution in [0.2, 0.25) is 5.02 Å². The molecular formula is C20H28ClN3O4S2. The van der Waals surface area contributed by atoms with Gasteiger partial charge in [-0.05, 0) is 49.9 Å². The number of rotatable bonds is 7. The molecule has 0 atom stereocenters. The molecule has 1 aliphatic heterocycles. The Labute approximate surface area is 184 Å². The van der Waals surface area contributed by atoms with Crippen molar-refractivity contribution in [2.45, 2.75) is 51.0 Å². The second-order valence-electron chi connectivity index (χ2n) is 7.76. The van der Waals surface area contributed by atoms with Crippen molar-refractivity contribution in [1.29, 1.82) is 0 Å². The molecule has 10 heteroatoms. The Hall–Kier alpha value is -1.42. The van der Waals surface area contributed by atoms with Gasteiger partial charge in [-0.25, -0.2) is 21.8 Å². The standard InChI is InChI=1S/C20H28ClN3O4S2/c1-4-29(25,26)12-11-23-10-7-22-20(23)17-5-8-24(9-6-17)30(27,28)19-14-15(2)18(21)13-16(19)3/h7,10,13-14,17H,4-6,8-9,11-12H2,1-3H3. The van der Waals surface area contributed by atoms with Crippen molar-refractivity contribution in [2.24, 2.45) is 0 Å². The highest BCUT2D eigenvalue weighted by Gasteiger charge is 2.32. The maximum atomic E-state index is 13.2. The fraction of sp³-hybridized carbons (Fsp3) is 0.550. The van der Waals surface area contributed by atoms with Crippen LogP contribution in [0.5, 0.6) is 0 Å². The number of hydrogen-bond acceptors (Lipinski definition) is 5. The van der Waals surface area contributed by atoms with E-state index < -0.39 is 19.9 Å². The first-order valence-corrected chi connectivity index (χ1v) is 13.7. The molecular weight excluding hydrogens is 446 g/mol. The van der Waals surface area contributed by atoms with Crippen LogP contribution in [0.15, 0.2) is 29.4 Å². The van der Waals surface area contributed by atoms with Crippen LogP contribution in [-0.4, -0.2) is 55.3 Å². The number of benzene rings is 1. The summed E-state index contributed by atoms with van der Waals surface area (Å²) in [5, 5.41) is 0.557. The van der Waals surface area contributed by atoms with Gasteiger partial charge in [0.15, 0.2) is 9.84 Å². The molecule has 166 valence electrons. The molecule has 0 aliphatic carbocycles. The molecule has 0 bridgehead atoms. The number of aryl methyl sites for hydroxylation is 3. The van der Waals surface area contributed by atoms with Crippen molar-refractivity contribution in [1.82, 2.24) is 13.9 Å². The van der Waals surface area contributed by atoms with Gasteiger partial charge in [-0.3, -0.25) is 0 Å². The number of nitrogens with zero attached hydrogens (tertiary/aromatic N) is 3. The number of imidazole rings is 1. The molecule has 0 spiro atoms. The topological polar surface area (TPSA) is 89.3 Å². The summed E-state index contributed by atoms with van der Waals surface area (Å²) in [6.45, 7) is 6.36. The van der Waals surface area contributed by atoms with Crippen LogP contribution in [-0.2, 0) is 26.4 Å². The van der Waals surface area contributed by atoms with Gasteiger partial charge in [0.25, 0.3) is 0 Å². The fourth-order valence-corrected chi connectivity index (χ4v) is 6.52. The lowest BCUT2D eigenvalue weighted by molar-refractivity contribution is 0.309. The minimum absolute atomic E-state index is 0.0786. The van der Waals surface area contributed by atoms with E-state index >= 15 is 0 Å². The third-order valence-electron chi connectivity index (χ3n) is 5.72. The summed E-state index contributed by atoms with van der Waals surface area (Å²) >= 11 is 6.12. The van der Waals surface area contributed by atoms with E-state index in [0.717, 1.165) is 11.4 Å². The summed E-state index contributed by atoms with van der Waals surface area (Å²) in [6, 6.07) is 3.33. The summed E-state index contributed by atoms with van der Waals surface area (Å²) in [5.41, 5.74) is 1.38. The maximum Gasteiger partial charge on any atom is 0.243 e. The summed E-state index contributed by atoms with van der Waals surface area (Å²) in [7, 11) is -6.66. The highest BCUT2D eigenvalue weighted by molar-refractivity contribution is 7.91. The molecule has 7 nitrogen and oxygen atoms in total. The minimum atomic E-state index is -3.60. The van der Waals surface area contributed by atoms with Crippen LogP contribution < -0.4 is 0 Å². The molecule has 2 heterocycles. The van der Waals surface area contributed by atoms with E-state index in [1.54, 1.807) is 45.3 Å². The normalized spacial score (nSPS) is 16.8. The summed E-state index contributed by atoms with van der Waals surface area (Å²) in [5.74, 6) is 1.13. The molecule has 1 saturated heterocycles. The van der Waals surface area contributed by atoms with Crippen LogP contribution in [0.4, 0.5) is 0 Å². The number of sulfonamides is 1. The number of sulfone groups is 1. The average Bonchev–Trinajstić information content (AvgIpc) is 3.18. The Bertz CT molecular complexity index is 1120. The third-order valence-corrected chi connectivity index (χ3v) is 9.86. The average molecular weight is 474 g/mol. The van der Waals surface area contributed by atoms with Gasteiger partial charge in [0.1, 0.15) is 5.82 Å². The Morgan fingerprint density at radius 1 is 1.10 bits per heavy atom. The predicted octanol–water partition coefficient (Wildman–Crippen LogP) is 3.16. The monoisotopic (exact) mass is 473 g/mol. The fourth-order valence-electron chi connectivity index (χ4n) is 3.78. The van der Waals surface area contributed by atoms with Gasteiger partial charge in [-0.2, -0.15) is 4.31 Å². The molecule has 0 N–H and O–H groups in total. The summed E-state index contributed by atoms with van der Waals surface area (Å²) in [4.78, 5) is 4.73. The van der Waals surface area contributed by atoms with Crippen molar-refractivity contribution < 1.29 is 16.8 Å². The number of piperidine rings is 1. The molecule has 0 saturated carbocycles. The molecule has 1 aliphatic rings. The van der Waals surface area contributed by atoms with Crippen LogP contribution in [0, 0.1) is 13.8 Å². The Kier molecular flexibility index (Phi) is 6.96. The van der Waals surface area contributed by atoms with E-state index in [2.05, 4.69) is 4.98 Å². The second kappa shape index (κ2) is 8.98. The summed E-state index contributed by atoms with van der Waals surface area (Å²) < 4.78 is 53.4. The smallest absolute Gasteiger partial charge is 0.243 e. The lowest BCUT2D eigenvalue weighted by Crippen LogP contribution is -2.38. The van der Waals surface area contributed by atoms with E-state index in [9.17, 15) is 16.8 Å². The van der Waals surface area contributed by atoms with Gasteiger partial charge in [0.2, 0.25) is 10.0 Å². The van der Waals surface area contributed by atoms with Crippen LogP contribution in [0.25, 0.3) is 0 Å². The SMILES string of the molecule is CCS(=O)(=O)CCn1ccnc1C1CCN(S(=O)(=O)c2cc(C)c(Cl)cc2C)CC1. The van der Waals surface area contributed by atoms with Gasteiger partial charge in [-0.1, -0.05) is 18.5 Å². The third kappa shape index (κ3) is 4.90. The largest absolute Gasteiger partial charge is 0.334 e. The van der Waals surface area contributed by atoms with E-state index in [1.807, 2.05) is 4.57 Å². The van der Waals surface area contributed by atoms with Crippen LogP contribution in [0.3, 0.4) is 0 Å². The van der Waals surface area contributed by atoms with E-state index in [1.165, 1.54) is 4.31 Å². The molecule has 2 aromatic rings. The Morgan fingerprint density at radius 2 is 1.77 bits per heavy atom. The molecule has 0 amide bonds. The maximum absolute atomic E-state index is 13.2. The lowest BCUT2D eigenvalue weighted by atomic mass is 9.97. The van der Waals surface area contributed by atoms with Gasteiger partial charge >= 0.3 is 0 Å². The molecule has 3 rings (SSSR count). The summed E-state index contributed by atoms with van der Waals surface area (Å²) in [6.07, 6.45) is 4.76. The Morgan fingerprint density at radius 3 is 2.40 bits per heavy atom. The molecule has 30 heavy (non-hydrogen) atoms. The number of hydrogen-bond donors (Lipinski definition) is 0. The van der Waals surface area contributed by atoms with E-state index in [-0.39, 0.29) is 17.4 Å². The molecule has 1 fully saturated rings. The van der Waals surface area contributed by atoms with Gasteiger partial charge in [-0.15, -0.1) is 0 Å². The molecule has 0 unspecified atom stereocenters. The minimum Gasteiger partial charge on any atom is -0.334 e. The van der Waals surface area contributed by atoms with Crippen LogP contribution in [0.1, 0.15) is 42.6 Å². The van der Waals surface area contributed by atoms with E-state index in [4.69, 9.17) is 11.6 Å². The van der Waals surface area contributed by atoms with Crippen molar-refractivity contribution >= 4 is 31.5 Å². The first-order valence-electron chi connectivity index (χ1n) is 10.0. The van der Waals surface area contributed by atoms with Gasteiger partial charge in [0.05, 0.1) is 10.6 Å². The predicted molar refractivity (Wildman–Crippen MR) is 118 cm³/mol. The highest BCUT2D eigenvalue weighted by atomic mass is 35.5. The molecule has 1 aromatic carbocycles. The van der Waals surface area contributed by atoms with Crippen molar-refractivity contribution in [3.05, 3.63) is 46.5 Å². The number of aromatic nitrogens is 2. The molecule has 0 radical (unpaired) electrons. The zero-order valence-corrected chi connectivity index (χ0v) is 19.9. The van der Waals surface area contributed by atoms with Gasteiger partial charge in [0, 0.05) is 48.7 Å².